The molecule has 2 aromatic rings. The molecule has 2 aliphatic rings. The highest BCUT2D eigenvalue weighted by Gasteiger charge is 2.44. The fourth-order valence-electron chi connectivity index (χ4n) is 4.85. The van der Waals surface area contributed by atoms with E-state index in [4.69, 9.17) is 23.3 Å². The number of carboxylic acid groups (broad SMARTS) is 1. The summed E-state index contributed by atoms with van der Waals surface area (Å²) in [6.45, 7) is 12.4. The molecule has 150 valence electrons. The van der Waals surface area contributed by atoms with Crippen LogP contribution in [0.3, 0.4) is 0 Å². The Morgan fingerprint density at radius 2 is 1.83 bits per heavy atom. The summed E-state index contributed by atoms with van der Waals surface area (Å²) in [4.78, 5) is 19.3. The highest BCUT2D eigenvalue weighted by molar-refractivity contribution is 6.33. The molecule has 0 aromatic heterocycles. The van der Waals surface area contributed by atoms with Crippen molar-refractivity contribution in [1.29, 1.82) is 0 Å². The Kier molecular flexibility index (Phi) is 5.14. The minimum atomic E-state index is -0.890. The van der Waals surface area contributed by atoms with Gasteiger partial charge in [0.05, 0.1) is 12.1 Å². The summed E-state index contributed by atoms with van der Waals surface area (Å²) in [6.07, 6.45) is 3.38. The molecule has 0 radical (unpaired) electrons. The van der Waals surface area contributed by atoms with E-state index in [1.807, 2.05) is 30.3 Å². The largest absolute Gasteiger partial charge is 0.478 e. The predicted octanol–water partition coefficient (Wildman–Crippen LogP) is 5.47. The van der Waals surface area contributed by atoms with Gasteiger partial charge in [0, 0.05) is 42.1 Å². The molecule has 6 heteroatoms. The SMILES string of the molecule is [C-]#[N+]c1ccc(N2CC3(CCN(c4ccc(C(=O)O)cc4)CC3)C[C@@H]2C)cc1Cl. The number of rotatable bonds is 3. The number of hydrogen-bond donors (Lipinski definition) is 1. The molecule has 0 bridgehead atoms. The Morgan fingerprint density at radius 3 is 2.41 bits per heavy atom. The summed E-state index contributed by atoms with van der Waals surface area (Å²) >= 11 is 6.27. The van der Waals surface area contributed by atoms with Crippen molar-refractivity contribution in [3.8, 4) is 0 Å². The van der Waals surface area contributed by atoms with Crippen molar-refractivity contribution in [3.63, 3.8) is 0 Å². The summed E-state index contributed by atoms with van der Waals surface area (Å²) in [5, 5.41) is 9.59. The van der Waals surface area contributed by atoms with Gasteiger partial charge in [0.15, 0.2) is 0 Å². The Balaban J connectivity index is 1.44. The summed E-state index contributed by atoms with van der Waals surface area (Å²) < 4.78 is 0. The molecule has 5 nitrogen and oxygen atoms in total. The molecule has 2 saturated heterocycles. The lowest BCUT2D eigenvalue weighted by atomic mass is 9.76. The first-order chi connectivity index (χ1) is 13.9. The summed E-state index contributed by atoms with van der Waals surface area (Å²) in [6, 6.07) is 13.4. The molecule has 1 N–H and O–H groups in total. The van der Waals surface area contributed by atoms with E-state index in [0.717, 1.165) is 50.3 Å². The number of carbonyl (C=O) groups is 1. The van der Waals surface area contributed by atoms with E-state index in [1.54, 1.807) is 12.1 Å². The van der Waals surface area contributed by atoms with Crippen molar-refractivity contribution >= 4 is 34.6 Å². The van der Waals surface area contributed by atoms with Gasteiger partial charge in [0.2, 0.25) is 5.69 Å². The highest BCUT2D eigenvalue weighted by Crippen LogP contribution is 2.46. The van der Waals surface area contributed by atoms with Crippen LogP contribution in [0.15, 0.2) is 42.5 Å². The first-order valence-corrected chi connectivity index (χ1v) is 10.3. The third-order valence-corrected chi connectivity index (χ3v) is 6.76. The molecule has 2 heterocycles. The number of benzene rings is 2. The van der Waals surface area contributed by atoms with Gasteiger partial charge in [-0.1, -0.05) is 17.7 Å². The molecule has 2 aromatic carbocycles. The number of hydrogen-bond acceptors (Lipinski definition) is 3. The van der Waals surface area contributed by atoms with E-state index >= 15 is 0 Å². The van der Waals surface area contributed by atoms with Crippen molar-refractivity contribution < 1.29 is 9.90 Å². The molecule has 0 amide bonds. The number of aromatic carboxylic acids is 1. The van der Waals surface area contributed by atoms with Crippen molar-refractivity contribution in [2.45, 2.75) is 32.2 Å². The second-order valence-corrected chi connectivity index (χ2v) is 8.67. The topological polar surface area (TPSA) is 48.1 Å². The Hall–Kier alpha value is -2.71. The minimum absolute atomic E-state index is 0.294. The molecule has 1 atom stereocenters. The molecule has 1 spiro atoms. The molecule has 0 aliphatic carbocycles. The smallest absolute Gasteiger partial charge is 0.335 e. The highest BCUT2D eigenvalue weighted by atomic mass is 35.5. The number of halogens is 1. The van der Waals surface area contributed by atoms with Crippen LogP contribution in [-0.2, 0) is 0 Å². The number of piperidine rings is 1. The van der Waals surface area contributed by atoms with Gasteiger partial charge in [-0.25, -0.2) is 9.64 Å². The van der Waals surface area contributed by atoms with Gasteiger partial charge >= 0.3 is 5.97 Å². The van der Waals surface area contributed by atoms with E-state index in [-0.39, 0.29) is 0 Å². The third kappa shape index (κ3) is 3.77. The van der Waals surface area contributed by atoms with Crippen LogP contribution < -0.4 is 9.80 Å². The maximum absolute atomic E-state index is 11.1. The second kappa shape index (κ2) is 7.61. The number of anilines is 2. The normalized spacial score (nSPS) is 20.7. The molecular formula is C23H24ClN3O2. The van der Waals surface area contributed by atoms with Crippen LogP contribution in [0.5, 0.6) is 0 Å². The van der Waals surface area contributed by atoms with Gasteiger partial charge < -0.3 is 14.9 Å². The van der Waals surface area contributed by atoms with Crippen molar-refractivity contribution in [2.24, 2.45) is 5.41 Å². The zero-order chi connectivity index (χ0) is 20.6. The summed E-state index contributed by atoms with van der Waals surface area (Å²) in [5.74, 6) is -0.890. The standard InChI is InChI=1S/C23H24ClN3O2/c1-16-14-23(15-27(16)19-7-8-21(25-2)20(24)13-19)9-11-26(12-10-23)18-5-3-17(4-6-18)22(28)29/h3-8,13,16H,9-12,14-15H2,1H3,(H,28,29)/t16-/m0/s1. The van der Waals surface area contributed by atoms with Crippen LogP contribution in [-0.4, -0.2) is 36.8 Å². The van der Waals surface area contributed by atoms with Crippen molar-refractivity contribution in [2.75, 3.05) is 29.4 Å². The molecular weight excluding hydrogens is 386 g/mol. The predicted molar refractivity (Wildman–Crippen MR) is 116 cm³/mol. The van der Waals surface area contributed by atoms with Crippen LogP contribution in [0.4, 0.5) is 17.1 Å². The van der Waals surface area contributed by atoms with E-state index in [2.05, 4.69) is 21.6 Å². The zero-order valence-corrected chi connectivity index (χ0v) is 17.2. The van der Waals surface area contributed by atoms with Gasteiger partial charge in [-0.05, 0) is 68.0 Å². The molecule has 2 fully saturated rings. The van der Waals surface area contributed by atoms with Gasteiger partial charge in [0.1, 0.15) is 0 Å². The van der Waals surface area contributed by atoms with Crippen LogP contribution in [0, 0.1) is 12.0 Å². The van der Waals surface area contributed by atoms with Crippen LogP contribution in [0.2, 0.25) is 5.02 Å². The Bertz CT molecular complexity index is 959. The van der Waals surface area contributed by atoms with Crippen molar-refractivity contribution in [1.82, 2.24) is 0 Å². The van der Waals surface area contributed by atoms with Gasteiger partial charge in [0.25, 0.3) is 0 Å². The zero-order valence-electron chi connectivity index (χ0n) is 16.4. The third-order valence-electron chi connectivity index (χ3n) is 6.45. The molecule has 29 heavy (non-hydrogen) atoms. The molecule has 4 rings (SSSR count). The Labute approximate surface area is 176 Å². The average Bonchev–Trinajstić information content (AvgIpc) is 3.04. The quantitative estimate of drug-likeness (QED) is 0.682. The summed E-state index contributed by atoms with van der Waals surface area (Å²) in [5.41, 5.74) is 3.30. The van der Waals surface area contributed by atoms with Gasteiger partial charge in [-0.3, -0.25) is 0 Å². The van der Waals surface area contributed by atoms with Crippen molar-refractivity contribution in [3.05, 3.63) is 64.5 Å². The van der Waals surface area contributed by atoms with Crippen LogP contribution in [0.25, 0.3) is 4.85 Å². The lowest BCUT2D eigenvalue weighted by Gasteiger charge is -2.40. The van der Waals surface area contributed by atoms with E-state index in [9.17, 15) is 4.79 Å². The lowest BCUT2D eigenvalue weighted by molar-refractivity contribution is 0.0697. The van der Waals surface area contributed by atoms with E-state index in [1.165, 1.54) is 0 Å². The maximum atomic E-state index is 11.1. The molecule has 0 saturated carbocycles. The number of nitrogens with zero attached hydrogens (tertiary/aromatic N) is 3. The average molecular weight is 410 g/mol. The van der Waals surface area contributed by atoms with Crippen LogP contribution in [0.1, 0.15) is 36.5 Å². The molecule has 2 aliphatic heterocycles. The lowest BCUT2D eigenvalue weighted by Crippen LogP contribution is -2.41. The fraction of sp³-hybridized carbons (Fsp3) is 0.391. The molecule has 0 unspecified atom stereocenters. The fourth-order valence-corrected chi connectivity index (χ4v) is 5.06. The summed E-state index contributed by atoms with van der Waals surface area (Å²) in [7, 11) is 0. The van der Waals surface area contributed by atoms with Gasteiger partial charge in [-0.2, -0.15) is 0 Å². The number of carboxylic acids is 1. The van der Waals surface area contributed by atoms with E-state index in [0.29, 0.717) is 27.7 Å². The van der Waals surface area contributed by atoms with Gasteiger partial charge in [-0.15, -0.1) is 0 Å². The monoisotopic (exact) mass is 409 g/mol. The first-order valence-electron chi connectivity index (χ1n) is 9.93. The second-order valence-electron chi connectivity index (χ2n) is 8.27. The van der Waals surface area contributed by atoms with E-state index < -0.39 is 5.97 Å². The minimum Gasteiger partial charge on any atom is -0.478 e. The first kappa shape index (κ1) is 19.6. The van der Waals surface area contributed by atoms with Crippen LogP contribution >= 0.6 is 11.6 Å². The Morgan fingerprint density at radius 1 is 1.17 bits per heavy atom. The maximum Gasteiger partial charge on any atom is 0.335 e.